The van der Waals surface area contributed by atoms with Gasteiger partial charge >= 0.3 is 0 Å². The molecule has 0 fully saturated rings. The summed E-state index contributed by atoms with van der Waals surface area (Å²) in [7, 11) is 0. The smallest absolute Gasteiger partial charge is 0.121 e. The fourth-order valence-electron chi connectivity index (χ4n) is 2.97. The number of hydrogen-bond acceptors (Lipinski definition) is 1. The van der Waals surface area contributed by atoms with Crippen molar-refractivity contribution in [3.63, 3.8) is 0 Å². The lowest BCUT2D eigenvalue weighted by molar-refractivity contribution is 0.461. The van der Waals surface area contributed by atoms with Crippen molar-refractivity contribution in [1.82, 2.24) is 0 Å². The number of aromatic hydroxyl groups is 1. The number of benzene rings is 1. The van der Waals surface area contributed by atoms with Crippen molar-refractivity contribution < 1.29 is 5.11 Å². The van der Waals surface area contributed by atoms with Crippen molar-refractivity contribution in [2.45, 2.75) is 79.6 Å². The topological polar surface area (TPSA) is 20.2 Å². The van der Waals surface area contributed by atoms with Crippen molar-refractivity contribution in [2.75, 3.05) is 0 Å². The van der Waals surface area contributed by atoms with Crippen LogP contribution in [0.1, 0.15) is 77.0 Å². The Bertz CT molecular complexity index is 456. The molecule has 124 valence electrons. The van der Waals surface area contributed by atoms with Gasteiger partial charge in [-0.3, -0.25) is 0 Å². The number of phenolic OH excluding ortho intramolecular Hbond substituents is 1. The summed E-state index contributed by atoms with van der Waals surface area (Å²) >= 11 is 0. The monoisotopic (exact) mass is 302 g/mol. The molecular weight excluding hydrogens is 268 g/mol. The van der Waals surface area contributed by atoms with E-state index in [0.717, 1.165) is 36.3 Å². The number of allylic oxidation sites excluding steroid dienone is 2. The zero-order valence-electron chi connectivity index (χ0n) is 15.2. The Labute approximate surface area is 137 Å². The highest BCUT2D eigenvalue weighted by Crippen LogP contribution is 2.27. The van der Waals surface area contributed by atoms with Crippen LogP contribution in [0.5, 0.6) is 5.75 Å². The summed E-state index contributed by atoms with van der Waals surface area (Å²) in [5.74, 6) is 1.31. The highest BCUT2D eigenvalue weighted by atomic mass is 16.3. The Morgan fingerprint density at radius 3 is 2.18 bits per heavy atom. The zero-order chi connectivity index (χ0) is 16.5. The van der Waals surface area contributed by atoms with E-state index in [-0.39, 0.29) is 0 Å². The molecule has 0 unspecified atom stereocenters. The quantitative estimate of drug-likeness (QED) is 0.537. The fraction of sp³-hybridized carbons (Fsp3) is 0.619. The summed E-state index contributed by atoms with van der Waals surface area (Å²) in [5.41, 5.74) is 5.02. The van der Waals surface area contributed by atoms with Crippen LogP contribution >= 0.6 is 0 Å². The summed E-state index contributed by atoms with van der Waals surface area (Å²) in [6.07, 6.45) is 10.3. The van der Waals surface area contributed by atoms with Gasteiger partial charge in [-0.05, 0) is 75.0 Å². The molecule has 1 N–H and O–H groups in total. The van der Waals surface area contributed by atoms with Gasteiger partial charge < -0.3 is 5.11 Å². The first-order chi connectivity index (χ1) is 10.5. The minimum absolute atomic E-state index is 0.517. The molecule has 0 amide bonds. The van der Waals surface area contributed by atoms with Gasteiger partial charge in [0.15, 0.2) is 0 Å². The second kappa shape index (κ2) is 9.71. The summed E-state index contributed by atoms with van der Waals surface area (Å²) in [6, 6.07) is 4.39. The van der Waals surface area contributed by atoms with Crippen LogP contribution in [-0.2, 0) is 19.3 Å². The average Bonchev–Trinajstić information content (AvgIpc) is 2.48. The van der Waals surface area contributed by atoms with E-state index in [1.807, 2.05) is 0 Å². The maximum atomic E-state index is 10.2. The highest BCUT2D eigenvalue weighted by molar-refractivity contribution is 5.43. The first kappa shape index (κ1) is 18.8. The van der Waals surface area contributed by atoms with Crippen LogP contribution in [-0.4, -0.2) is 5.11 Å². The van der Waals surface area contributed by atoms with Gasteiger partial charge in [0, 0.05) is 0 Å². The van der Waals surface area contributed by atoms with Crippen molar-refractivity contribution in [1.29, 1.82) is 0 Å². The van der Waals surface area contributed by atoms with Crippen LogP contribution in [0.3, 0.4) is 0 Å². The van der Waals surface area contributed by atoms with Crippen LogP contribution in [0.2, 0.25) is 0 Å². The molecular formula is C21H34O. The Morgan fingerprint density at radius 1 is 1.09 bits per heavy atom. The number of hydrogen-bond donors (Lipinski definition) is 1. The normalized spacial score (nSPS) is 12.2. The largest absolute Gasteiger partial charge is 0.507 e. The molecule has 1 nitrogen and oxygen atoms in total. The third-order valence-electron chi connectivity index (χ3n) is 4.46. The van der Waals surface area contributed by atoms with Gasteiger partial charge in [-0.2, -0.15) is 0 Å². The lowest BCUT2D eigenvalue weighted by Gasteiger charge is -2.13. The van der Waals surface area contributed by atoms with Gasteiger partial charge in [0.2, 0.25) is 0 Å². The Hall–Kier alpha value is -1.24. The Morgan fingerprint density at radius 2 is 1.68 bits per heavy atom. The average molecular weight is 303 g/mol. The zero-order valence-corrected chi connectivity index (χ0v) is 15.2. The summed E-state index contributed by atoms with van der Waals surface area (Å²) in [6.45, 7) is 10.9. The van der Waals surface area contributed by atoms with Crippen LogP contribution in [0.25, 0.3) is 0 Å². The Kier molecular flexibility index (Phi) is 8.30. The molecule has 0 bridgehead atoms. The Balaban J connectivity index is 2.49. The van der Waals surface area contributed by atoms with E-state index in [4.69, 9.17) is 0 Å². The number of aryl methyl sites for hydroxylation is 3. The molecule has 1 rings (SSSR count). The van der Waals surface area contributed by atoms with Crippen LogP contribution < -0.4 is 0 Å². The highest BCUT2D eigenvalue weighted by Gasteiger charge is 2.08. The number of phenols is 1. The van der Waals surface area contributed by atoms with Gasteiger partial charge in [-0.15, -0.1) is 0 Å². The van der Waals surface area contributed by atoms with Crippen molar-refractivity contribution in [3.05, 3.63) is 40.5 Å². The van der Waals surface area contributed by atoms with Gasteiger partial charge in [0.25, 0.3) is 0 Å². The van der Waals surface area contributed by atoms with E-state index in [2.05, 4.69) is 52.8 Å². The van der Waals surface area contributed by atoms with Gasteiger partial charge in [-0.1, -0.05) is 51.0 Å². The molecule has 0 aliphatic heterocycles. The van der Waals surface area contributed by atoms with E-state index in [0.29, 0.717) is 5.75 Å². The second-order valence-corrected chi connectivity index (χ2v) is 6.83. The molecule has 0 spiro atoms. The van der Waals surface area contributed by atoms with Crippen LogP contribution in [0.15, 0.2) is 23.8 Å². The second-order valence-electron chi connectivity index (χ2n) is 6.83. The summed E-state index contributed by atoms with van der Waals surface area (Å²) in [4.78, 5) is 0. The van der Waals surface area contributed by atoms with E-state index < -0.39 is 0 Å². The third kappa shape index (κ3) is 6.25. The molecule has 0 saturated heterocycles. The van der Waals surface area contributed by atoms with E-state index in [9.17, 15) is 5.11 Å². The predicted molar refractivity (Wildman–Crippen MR) is 97.6 cm³/mol. The molecule has 1 aromatic carbocycles. The van der Waals surface area contributed by atoms with Gasteiger partial charge in [0.05, 0.1) is 0 Å². The molecule has 1 aromatic rings. The van der Waals surface area contributed by atoms with E-state index in [1.54, 1.807) is 0 Å². The maximum Gasteiger partial charge on any atom is 0.121 e. The molecule has 0 saturated carbocycles. The number of rotatable bonds is 9. The molecule has 22 heavy (non-hydrogen) atoms. The molecule has 1 heteroatoms. The standard InChI is InChI=1S/C21H34O/c1-6-19-14-18(15-20(7-2)21(19)22)13-9-12-17(5)11-8-10-16(3)4/h10,14-15,17,22H,6-9,11-13H2,1-5H3/t17-/m0/s1. The van der Waals surface area contributed by atoms with Crippen molar-refractivity contribution >= 4 is 0 Å². The van der Waals surface area contributed by atoms with Crippen molar-refractivity contribution in [3.8, 4) is 5.75 Å². The van der Waals surface area contributed by atoms with E-state index in [1.165, 1.54) is 36.8 Å². The minimum Gasteiger partial charge on any atom is -0.507 e. The fourth-order valence-corrected chi connectivity index (χ4v) is 2.97. The lowest BCUT2D eigenvalue weighted by atomic mass is 9.94. The van der Waals surface area contributed by atoms with Gasteiger partial charge in [-0.25, -0.2) is 0 Å². The van der Waals surface area contributed by atoms with Crippen molar-refractivity contribution in [2.24, 2.45) is 5.92 Å². The lowest BCUT2D eigenvalue weighted by Crippen LogP contribution is -1.98. The van der Waals surface area contributed by atoms with Crippen LogP contribution in [0, 0.1) is 5.92 Å². The molecule has 1 atom stereocenters. The SMILES string of the molecule is CCc1cc(CCC[C@@H](C)CCC=C(C)C)cc(CC)c1O. The first-order valence-electron chi connectivity index (χ1n) is 8.94. The maximum absolute atomic E-state index is 10.2. The molecule has 0 heterocycles. The molecule has 0 aromatic heterocycles. The molecule has 0 radical (unpaired) electrons. The molecule has 0 aliphatic rings. The summed E-state index contributed by atoms with van der Waals surface area (Å²) in [5, 5.41) is 10.2. The molecule has 0 aliphatic carbocycles. The minimum atomic E-state index is 0.517. The van der Waals surface area contributed by atoms with Gasteiger partial charge in [0.1, 0.15) is 5.75 Å². The predicted octanol–water partition coefficient (Wildman–Crippen LogP) is 6.22. The van der Waals surface area contributed by atoms with E-state index >= 15 is 0 Å². The van der Waals surface area contributed by atoms with Crippen LogP contribution in [0.4, 0.5) is 0 Å². The summed E-state index contributed by atoms with van der Waals surface area (Å²) < 4.78 is 0. The third-order valence-corrected chi connectivity index (χ3v) is 4.46. The first-order valence-corrected chi connectivity index (χ1v) is 8.94.